The molecule has 3 nitrogen and oxygen atoms in total. The molecule has 1 amide bonds. The smallest absolute Gasteiger partial charge is 0.220 e. The quantitative estimate of drug-likeness (QED) is 0.890. The monoisotopic (exact) mass is 268 g/mol. The van der Waals surface area contributed by atoms with Crippen molar-refractivity contribution in [2.24, 2.45) is 5.41 Å². The van der Waals surface area contributed by atoms with Gasteiger partial charge in [-0.05, 0) is 31.0 Å². The van der Waals surface area contributed by atoms with E-state index in [0.717, 1.165) is 0 Å². The molecule has 0 aromatic carbocycles. The summed E-state index contributed by atoms with van der Waals surface area (Å²) in [6, 6.07) is 4.42. The fourth-order valence-electron chi connectivity index (χ4n) is 1.77. The topological polar surface area (TPSA) is 32.3 Å². The van der Waals surface area contributed by atoms with Crippen LogP contribution in [0.2, 0.25) is 0 Å². The summed E-state index contributed by atoms with van der Waals surface area (Å²) in [6.07, 6.45) is 0.567. The van der Waals surface area contributed by atoms with Crippen molar-refractivity contribution in [3.05, 3.63) is 22.4 Å². The third-order valence-corrected chi connectivity index (χ3v) is 3.65. The van der Waals surface area contributed by atoms with Gasteiger partial charge in [-0.15, -0.1) is 11.3 Å². The van der Waals surface area contributed by atoms with Crippen LogP contribution in [0, 0.1) is 5.41 Å². The Balaban J connectivity index is 2.52. The zero-order valence-corrected chi connectivity index (χ0v) is 12.8. The molecule has 0 saturated carbocycles. The van der Waals surface area contributed by atoms with E-state index in [-0.39, 0.29) is 17.4 Å². The maximum atomic E-state index is 11.8. The summed E-state index contributed by atoms with van der Waals surface area (Å²) >= 11 is 1.73. The summed E-state index contributed by atoms with van der Waals surface area (Å²) in [5.41, 5.74) is 0.0423. The fourth-order valence-corrected chi connectivity index (χ4v) is 2.70. The number of amides is 1. The first kappa shape index (κ1) is 15.2. The Bertz CT molecular complexity index is 366. The van der Waals surface area contributed by atoms with Crippen LogP contribution in [0.4, 0.5) is 0 Å². The third kappa shape index (κ3) is 5.19. The number of carbonyl (C=O) groups is 1. The molecule has 1 rings (SSSR count). The van der Waals surface area contributed by atoms with Crippen LogP contribution < -0.4 is 5.32 Å². The van der Waals surface area contributed by atoms with E-state index in [1.165, 1.54) is 4.88 Å². The zero-order valence-electron chi connectivity index (χ0n) is 12.0. The van der Waals surface area contributed by atoms with Crippen molar-refractivity contribution < 1.29 is 4.79 Å². The summed E-state index contributed by atoms with van der Waals surface area (Å²) in [7, 11) is 4.08. The Labute approximate surface area is 114 Å². The molecule has 0 fully saturated rings. The highest BCUT2D eigenvalue weighted by molar-refractivity contribution is 7.10. The summed E-state index contributed by atoms with van der Waals surface area (Å²) < 4.78 is 0. The van der Waals surface area contributed by atoms with Crippen LogP contribution in [-0.2, 0) is 4.79 Å². The molecule has 1 aromatic rings. The molecule has 102 valence electrons. The molecule has 0 radical (unpaired) electrons. The van der Waals surface area contributed by atoms with Gasteiger partial charge in [0.05, 0.1) is 6.04 Å². The highest BCUT2D eigenvalue weighted by Crippen LogP contribution is 2.23. The second kappa shape index (κ2) is 6.34. The van der Waals surface area contributed by atoms with E-state index in [0.29, 0.717) is 13.0 Å². The SMILES string of the molecule is CN(C)C(CNC(=O)CC(C)(C)C)c1cccs1. The number of likely N-dealkylation sites (N-methyl/N-ethyl adjacent to an activating group) is 1. The maximum Gasteiger partial charge on any atom is 0.220 e. The van der Waals surface area contributed by atoms with Gasteiger partial charge in [-0.3, -0.25) is 4.79 Å². The van der Waals surface area contributed by atoms with Gasteiger partial charge in [0.25, 0.3) is 0 Å². The van der Waals surface area contributed by atoms with E-state index in [1.54, 1.807) is 11.3 Å². The molecule has 1 atom stereocenters. The molecule has 18 heavy (non-hydrogen) atoms. The zero-order chi connectivity index (χ0) is 13.8. The summed E-state index contributed by atoms with van der Waals surface area (Å²) in [6.45, 7) is 6.91. The first-order valence-corrected chi connectivity index (χ1v) is 7.14. The largest absolute Gasteiger partial charge is 0.354 e. The molecular formula is C14H24N2OS. The number of carbonyl (C=O) groups excluding carboxylic acids is 1. The number of hydrogen-bond donors (Lipinski definition) is 1. The Morgan fingerprint density at radius 2 is 2.11 bits per heavy atom. The van der Waals surface area contributed by atoms with Crippen LogP contribution in [0.1, 0.15) is 38.1 Å². The molecule has 0 saturated heterocycles. The lowest BCUT2D eigenvalue weighted by molar-refractivity contribution is -0.123. The number of hydrogen-bond acceptors (Lipinski definition) is 3. The van der Waals surface area contributed by atoms with Gasteiger partial charge in [0.2, 0.25) is 5.91 Å². The van der Waals surface area contributed by atoms with E-state index >= 15 is 0 Å². The van der Waals surface area contributed by atoms with Crippen LogP contribution >= 0.6 is 11.3 Å². The van der Waals surface area contributed by atoms with Gasteiger partial charge < -0.3 is 10.2 Å². The second-order valence-corrected chi connectivity index (χ2v) is 7.02. The van der Waals surface area contributed by atoms with Crippen molar-refractivity contribution in [2.45, 2.75) is 33.2 Å². The van der Waals surface area contributed by atoms with Gasteiger partial charge in [-0.1, -0.05) is 26.8 Å². The van der Waals surface area contributed by atoms with Crippen molar-refractivity contribution in [2.75, 3.05) is 20.6 Å². The van der Waals surface area contributed by atoms with Crippen molar-refractivity contribution in [3.63, 3.8) is 0 Å². The van der Waals surface area contributed by atoms with Crippen LogP contribution in [0.15, 0.2) is 17.5 Å². The van der Waals surface area contributed by atoms with Gasteiger partial charge in [0.15, 0.2) is 0 Å². The van der Waals surface area contributed by atoms with E-state index in [9.17, 15) is 4.79 Å². The third-order valence-electron chi connectivity index (χ3n) is 2.68. The maximum absolute atomic E-state index is 11.8. The molecule has 0 bridgehead atoms. The number of thiophene rings is 1. The van der Waals surface area contributed by atoms with E-state index in [2.05, 4.69) is 42.4 Å². The van der Waals surface area contributed by atoms with Gasteiger partial charge in [0.1, 0.15) is 0 Å². The minimum Gasteiger partial charge on any atom is -0.354 e. The highest BCUT2D eigenvalue weighted by atomic mass is 32.1. The van der Waals surface area contributed by atoms with Gasteiger partial charge >= 0.3 is 0 Å². The second-order valence-electron chi connectivity index (χ2n) is 6.04. The summed E-state index contributed by atoms with van der Waals surface area (Å²) in [4.78, 5) is 15.3. The van der Waals surface area contributed by atoms with Crippen molar-refractivity contribution in [1.29, 1.82) is 0 Å². The molecular weight excluding hydrogens is 244 g/mol. The predicted octanol–water partition coefficient (Wildman–Crippen LogP) is 2.90. The van der Waals surface area contributed by atoms with E-state index < -0.39 is 0 Å². The lowest BCUT2D eigenvalue weighted by Gasteiger charge is -2.24. The summed E-state index contributed by atoms with van der Waals surface area (Å²) in [5, 5.41) is 5.11. The Morgan fingerprint density at radius 1 is 1.44 bits per heavy atom. The van der Waals surface area contributed by atoms with E-state index in [1.807, 2.05) is 20.2 Å². The van der Waals surface area contributed by atoms with Crippen LogP contribution in [0.25, 0.3) is 0 Å². The van der Waals surface area contributed by atoms with Gasteiger partial charge in [-0.25, -0.2) is 0 Å². The standard InChI is InChI=1S/C14H24N2OS/c1-14(2,3)9-13(17)15-10-11(16(4)5)12-7-6-8-18-12/h6-8,11H,9-10H2,1-5H3,(H,15,17). The lowest BCUT2D eigenvalue weighted by atomic mass is 9.92. The number of rotatable bonds is 5. The molecule has 0 spiro atoms. The van der Waals surface area contributed by atoms with Crippen molar-refractivity contribution >= 4 is 17.2 Å². The molecule has 1 heterocycles. The van der Waals surface area contributed by atoms with Gasteiger partial charge in [0, 0.05) is 17.8 Å². The Morgan fingerprint density at radius 3 is 2.56 bits per heavy atom. The molecule has 0 aliphatic heterocycles. The molecule has 1 N–H and O–H groups in total. The average molecular weight is 268 g/mol. The van der Waals surface area contributed by atoms with Gasteiger partial charge in [-0.2, -0.15) is 0 Å². The highest BCUT2D eigenvalue weighted by Gasteiger charge is 2.19. The van der Waals surface area contributed by atoms with Crippen molar-refractivity contribution in [1.82, 2.24) is 10.2 Å². The van der Waals surface area contributed by atoms with Crippen LogP contribution in [0.5, 0.6) is 0 Å². The molecule has 0 aliphatic rings. The van der Waals surface area contributed by atoms with Crippen molar-refractivity contribution in [3.8, 4) is 0 Å². The molecule has 1 aromatic heterocycles. The average Bonchev–Trinajstić information content (AvgIpc) is 2.67. The predicted molar refractivity (Wildman–Crippen MR) is 77.8 cm³/mol. The number of nitrogens with zero attached hydrogens (tertiary/aromatic N) is 1. The van der Waals surface area contributed by atoms with Crippen LogP contribution in [0.3, 0.4) is 0 Å². The minimum absolute atomic E-state index is 0.0423. The molecule has 0 aliphatic carbocycles. The van der Waals surface area contributed by atoms with Crippen LogP contribution in [-0.4, -0.2) is 31.4 Å². The Hall–Kier alpha value is -0.870. The first-order valence-electron chi connectivity index (χ1n) is 6.26. The molecule has 4 heteroatoms. The molecule has 1 unspecified atom stereocenters. The lowest BCUT2D eigenvalue weighted by Crippen LogP contribution is -2.35. The van der Waals surface area contributed by atoms with E-state index in [4.69, 9.17) is 0 Å². The normalized spacial score (nSPS) is 13.7. The minimum atomic E-state index is 0.0423. The Kier molecular flexibility index (Phi) is 5.35. The fraction of sp³-hybridized carbons (Fsp3) is 0.643. The first-order chi connectivity index (χ1) is 8.29. The summed E-state index contributed by atoms with van der Waals surface area (Å²) in [5.74, 6) is 0.130. The number of nitrogens with one attached hydrogen (secondary N) is 1.